The topological polar surface area (TPSA) is 93.5 Å². The molecule has 8 heteroatoms. The van der Waals surface area contributed by atoms with Gasteiger partial charge < -0.3 is 24.3 Å². The number of aldehydes is 1. The maximum Gasteiger partial charge on any atom is 0.293 e. The predicted octanol–water partition coefficient (Wildman–Crippen LogP) is 0.368. The Morgan fingerprint density at radius 2 is 2.04 bits per heavy atom. The first kappa shape index (κ1) is 18.6. The minimum atomic E-state index is -0.254. The van der Waals surface area contributed by atoms with E-state index in [1.165, 1.54) is 0 Å². The maximum atomic E-state index is 13.0. The van der Waals surface area contributed by atoms with Crippen LogP contribution >= 0.6 is 0 Å². The number of benzene rings is 1. The van der Waals surface area contributed by atoms with Crippen molar-refractivity contribution in [2.24, 2.45) is 0 Å². The molecule has 1 aliphatic heterocycles. The van der Waals surface area contributed by atoms with Crippen LogP contribution in [0.5, 0.6) is 5.75 Å². The Hall–Kier alpha value is -3.16. The number of ether oxygens (including phenoxy) is 1. The Bertz CT molecular complexity index is 876. The molecule has 1 fully saturated rings. The predicted molar refractivity (Wildman–Crippen MR) is 100 cm³/mol. The highest BCUT2D eigenvalue weighted by Gasteiger charge is 2.22. The van der Waals surface area contributed by atoms with E-state index in [1.54, 1.807) is 22.8 Å². The number of nitrogens with zero attached hydrogens (tertiary/aromatic N) is 3. The molecule has 1 aromatic carbocycles. The van der Waals surface area contributed by atoms with Crippen LogP contribution in [-0.2, 0) is 22.6 Å². The number of aromatic nitrogens is 2. The number of piperazine rings is 1. The van der Waals surface area contributed by atoms with Crippen molar-refractivity contribution in [2.75, 3.05) is 31.6 Å². The Morgan fingerprint density at radius 1 is 1.26 bits per heavy atom. The quantitative estimate of drug-likeness (QED) is 0.708. The van der Waals surface area contributed by atoms with Gasteiger partial charge in [-0.3, -0.25) is 9.59 Å². The van der Waals surface area contributed by atoms with Gasteiger partial charge in [0.1, 0.15) is 12.0 Å². The number of rotatable bonds is 7. The SMILES string of the molecule is COc1ccc(Cn2cc(CCC=O)nc(N3CCNC(=O)C3)c2=O)cc1. The largest absolute Gasteiger partial charge is 0.497 e. The van der Waals surface area contributed by atoms with E-state index in [0.717, 1.165) is 17.6 Å². The average Bonchev–Trinajstić information content (AvgIpc) is 2.69. The van der Waals surface area contributed by atoms with E-state index in [2.05, 4.69) is 10.3 Å². The fourth-order valence-electron chi connectivity index (χ4n) is 2.98. The van der Waals surface area contributed by atoms with Crippen LogP contribution < -0.4 is 20.5 Å². The second-order valence-corrected chi connectivity index (χ2v) is 6.31. The van der Waals surface area contributed by atoms with Crippen LogP contribution in [0, 0.1) is 0 Å². The molecule has 1 aromatic heterocycles. The van der Waals surface area contributed by atoms with Gasteiger partial charge in [-0.1, -0.05) is 12.1 Å². The number of methoxy groups -OCH3 is 1. The van der Waals surface area contributed by atoms with Crippen molar-refractivity contribution in [3.05, 3.63) is 52.1 Å². The summed E-state index contributed by atoms with van der Waals surface area (Å²) in [5.41, 5.74) is 1.33. The van der Waals surface area contributed by atoms with Crippen molar-refractivity contribution in [1.29, 1.82) is 0 Å². The summed E-state index contributed by atoms with van der Waals surface area (Å²) in [6, 6.07) is 7.46. The zero-order valence-electron chi connectivity index (χ0n) is 15.2. The molecule has 0 bridgehead atoms. The molecule has 27 heavy (non-hydrogen) atoms. The Kier molecular flexibility index (Phi) is 5.85. The smallest absolute Gasteiger partial charge is 0.293 e. The monoisotopic (exact) mass is 370 g/mol. The van der Waals surface area contributed by atoms with E-state index in [1.807, 2.05) is 24.3 Å². The molecule has 1 saturated heterocycles. The lowest BCUT2D eigenvalue weighted by Crippen LogP contribution is -2.50. The van der Waals surface area contributed by atoms with Gasteiger partial charge in [0.05, 0.1) is 25.9 Å². The number of hydrogen-bond acceptors (Lipinski definition) is 6. The highest BCUT2D eigenvalue weighted by molar-refractivity contribution is 5.82. The summed E-state index contributed by atoms with van der Waals surface area (Å²) in [4.78, 5) is 41.5. The summed E-state index contributed by atoms with van der Waals surface area (Å²) in [6.45, 7) is 1.46. The van der Waals surface area contributed by atoms with Crippen molar-refractivity contribution in [1.82, 2.24) is 14.9 Å². The van der Waals surface area contributed by atoms with Crippen LogP contribution in [0.1, 0.15) is 17.7 Å². The van der Waals surface area contributed by atoms with Crippen LogP contribution in [0.2, 0.25) is 0 Å². The van der Waals surface area contributed by atoms with E-state index < -0.39 is 0 Å². The zero-order chi connectivity index (χ0) is 19.2. The van der Waals surface area contributed by atoms with Gasteiger partial charge in [-0.2, -0.15) is 0 Å². The van der Waals surface area contributed by atoms with Gasteiger partial charge in [0, 0.05) is 25.7 Å². The van der Waals surface area contributed by atoms with Crippen LogP contribution in [0.25, 0.3) is 0 Å². The Balaban J connectivity index is 1.95. The molecule has 0 unspecified atom stereocenters. The summed E-state index contributed by atoms with van der Waals surface area (Å²) in [5.74, 6) is 0.858. The lowest BCUT2D eigenvalue weighted by Gasteiger charge is -2.27. The fourth-order valence-corrected chi connectivity index (χ4v) is 2.98. The van der Waals surface area contributed by atoms with E-state index in [-0.39, 0.29) is 23.8 Å². The number of anilines is 1. The highest BCUT2D eigenvalue weighted by atomic mass is 16.5. The fraction of sp³-hybridized carbons (Fsp3) is 0.368. The summed E-state index contributed by atoms with van der Waals surface area (Å²) >= 11 is 0. The average molecular weight is 370 g/mol. The van der Waals surface area contributed by atoms with Crippen molar-refractivity contribution >= 4 is 18.0 Å². The third-order valence-electron chi connectivity index (χ3n) is 4.37. The van der Waals surface area contributed by atoms with Crippen molar-refractivity contribution in [2.45, 2.75) is 19.4 Å². The van der Waals surface area contributed by atoms with E-state index in [9.17, 15) is 14.4 Å². The standard InChI is InChI=1S/C19H22N4O4/c1-27-16-6-4-14(5-7-16)11-23-12-15(3-2-10-24)21-18(19(23)26)22-9-8-20-17(25)13-22/h4-7,10,12H,2-3,8-9,11,13H2,1H3,(H,20,25). The van der Waals surface area contributed by atoms with Crippen molar-refractivity contribution < 1.29 is 14.3 Å². The van der Waals surface area contributed by atoms with Crippen molar-refractivity contribution in [3.8, 4) is 5.75 Å². The second kappa shape index (κ2) is 8.48. The van der Waals surface area contributed by atoms with Gasteiger partial charge >= 0.3 is 0 Å². The minimum absolute atomic E-state index is 0.0991. The first-order valence-electron chi connectivity index (χ1n) is 8.79. The molecule has 1 N–H and O–H groups in total. The summed E-state index contributed by atoms with van der Waals surface area (Å²) < 4.78 is 6.74. The van der Waals surface area contributed by atoms with E-state index in [4.69, 9.17) is 4.74 Å². The molecular weight excluding hydrogens is 348 g/mol. The van der Waals surface area contributed by atoms with E-state index in [0.29, 0.717) is 38.2 Å². The molecule has 0 aliphatic carbocycles. The number of amides is 1. The number of hydrogen-bond donors (Lipinski definition) is 1. The molecule has 8 nitrogen and oxygen atoms in total. The van der Waals surface area contributed by atoms with Gasteiger partial charge in [-0.05, 0) is 24.1 Å². The number of nitrogens with one attached hydrogen (secondary N) is 1. The highest BCUT2D eigenvalue weighted by Crippen LogP contribution is 2.14. The van der Waals surface area contributed by atoms with E-state index >= 15 is 0 Å². The summed E-state index contributed by atoms with van der Waals surface area (Å²) in [5, 5.41) is 2.74. The van der Waals surface area contributed by atoms with Gasteiger partial charge in [0.15, 0.2) is 5.82 Å². The lowest BCUT2D eigenvalue weighted by atomic mass is 10.2. The molecule has 2 aromatic rings. The summed E-state index contributed by atoms with van der Waals surface area (Å²) in [6.07, 6.45) is 3.28. The first-order valence-corrected chi connectivity index (χ1v) is 8.79. The van der Waals surface area contributed by atoms with Gasteiger partial charge in [-0.15, -0.1) is 0 Å². The van der Waals surface area contributed by atoms with Crippen LogP contribution in [0.3, 0.4) is 0 Å². The van der Waals surface area contributed by atoms with Crippen LogP contribution in [0.15, 0.2) is 35.3 Å². The Labute approximate surface area is 156 Å². The molecule has 1 aliphatic rings. The minimum Gasteiger partial charge on any atom is -0.497 e. The van der Waals surface area contributed by atoms with Crippen LogP contribution in [-0.4, -0.2) is 48.5 Å². The van der Waals surface area contributed by atoms with Crippen LogP contribution in [0.4, 0.5) is 5.82 Å². The second-order valence-electron chi connectivity index (χ2n) is 6.31. The molecule has 142 valence electrons. The Morgan fingerprint density at radius 3 is 2.70 bits per heavy atom. The number of carbonyl (C=O) groups is 2. The molecule has 2 heterocycles. The summed E-state index contributed by atoms with van der Waals surface area (Å²) in [7, 11) is 1.60. The van der Waals surface area contributed by atoms with Gasteiger partial charge in [-0.25, -0.2) is 4.98 Å². The number of aryl methyl sites for hydroxylation is 1. The zero-order valence-corrected chi connectivity index (χ0v) is 15.2. The van der Waals surface area contributed by atoms with Gasteiger partial charge in [0.25, 0.3) is 5.56 Å². The molecule has 1 amide bonds. The molecule has 3 rings (SSSR count). The third kappa shape index (κ3) is 4.52. The van der Waals surface area contributed by atoms with Gasteiger partial charge in [0.2, 0.25) is 5.91 Å². The lowest BCUT2D eigenvalue weighted by molar-refractivity contribution is -0.120. The molecule has 0 radical (unpaired) electrons. The molecule has 0 atom stereocenters. The maximum absolute atomic E-state index is 13.0. The first-order chi connectivity index (χ1) is 13.1. The molecule has 0 spiro atoms. The molecular formula is C19H22N4O4. The number of carbonyl (C=O) groups excluding carboxylic acids is 2. The normalized spacial score (nSPS) is 14.0. The third-order valence-corrected chi connectivity index (χ3v) is 4.37. The molecule has 0 saturated carbocycles. The van der Waals surface area contributed by atoms with Crippen molar-refractivity contribution in [3.63, 3.8) is 0 Å².